The molecule has 2 N–H and O–H groups in total. The molecular weight excluding hydrogens is 354 g/mol. The summed E-state index contributed by atoms with van der Waals surface area (Å²) in [7, 11) is 3.23. The van der Waals surface area contributed by atoms with Crippen molar-refractivity contribution in [2.24, 2.45) is 4.99 Å². The molecule has 0 aliphatic rings. The van der Waals surface area contributed by atoms with Crippen LogP contribution in [0.1, 0.15) is 44.3 Å². The molecule has 28 heavy (non-hydrogen) atoms. The molecule has 0 atom stereocenters. The standard InChI is InChI=1S/C21H33N5O2/c1-17-25-18-11-7-8-12-19(18)26(17)16-10-15-24-21(22-2)23-14-9-5-4-6-13-20(27)28-3/h7-8,11-12H,4-6,9-10,13-16H2,1-3H3,(H2,22,23,24). The number of aryl methyl sites for hydroxylation is 2. The number of hydrogen-bond donors (Lipinski definition) is 2. The third kappa shape index (κ3) is 6.87. The summed E-state index contributed by atoms with van der Waals surface area (Å²) in [5.41, 5.74) is 2.24. The highest BCUT2D eigenvalue weighted by molar-refractivity contribution is 5.79. The highest BCUT2D eigenvalue weighted by atomic mass is 16.5. The lowest BCUT2D eigenvalue weighted by atomic mass is 10.1. The number of imidazole rings is 1. The van der Waals surface area contributed by atoms with Gasteiger partial charge in [-0.3, -0.25) is 9.79 Å². The fraction of sp³-hybridized carbons (Fsp3) is 0.571. The van der Waals surface area contributed by atoms with Gasteiger partial charge in [-0.05, 0) is 38.3 Å². The van der Waals surface area contributed by atoms with E-state index in [0.717, 1.165) is 69.0 Å². The number of nitrogens with one attached hydrogen (secondary N) is 2. The van der Waals surface area contributed by atoms with Crippen molar-refractivity contribution in [2.45, 2.75) is 52.0 Å². The minimum atomic E-state index is -0.124. The Hall–Kier alpha value is -2.57. The summed E-state index contributed by atoms with van der Waals surface area (Å²) in [6, 6.07) is 8.25. The number of fused-ring (bicyclic) bond motifs is 1. The second-order valence-electron chi connectivity index (χ2n) is 6.82. The normalized spacial score (nSPS) is 11.6. The van der Waals surface area contributed by atoms with Crippen LogP contribution < -0.4 is 10.6 Å². The number of unbranched alkanes of at least 4 members (excludes halogenated alkanes) is 3. The van der Waals surface area contributed by atoms with E-state index in [9.17, 15) is 4.79 Å². The lowest BCUT2D eigenvalue weighted by molar-refractivity contribution is -0.140. The molecule has 0 unspecified atom stereocenters. The summed E-state index contributed by atoms with van der Waals surface area (Å²) in [4.78, 5) is 19.9. The van der Waals surface area contributed by atoms with Gasteiger partial charge in [-0.25, -0.2) is 4.98 Å². The number of aliphatic imine (C=N–C) groups is 1. The van der Waals surface area contributed by atoms with E-state index in [-0.39, 0.29) is 5.97 Å². The van der Waals surface area contributed by atoms with Crippen LogP contribution >= 0.6 is 0 Å². The number of aromatic nitrogens is 2. The molecule has 7 heteroatoms. The molecule has 154 valence electrons. The van der Waals surface area contributed by atoms with E-state index in [4.69, 9.17) is 0 Å². The number of guanidine groups is 1. The van der Waals surface area contributed by atoms with Crippen LogP contribution in [0.3, 0.4) is 0 Å². The number of methoxy groups -OCH3 is 1. The zero-order valence-electron chi connectivity index (χ0n) is 17.3. The van der Waals surface area contributed by atoms with Crippen LogP contribution in [0.2, 0.25) is 0 Å². The van der Waals surface area contributed by atoms with Gasteiger partial charge in [0.05, 0.1) is 18.1 Å². The Kier molecular flexibility index (Phi) is 9.31. The Labute approximate surface area is 167 Å². The molecule has 0 spiro atoms. The van der Waals surface area contributed by atoms with Crippen LogP contribution in [0.25, 0.3) is 11.0 Å². The average Bonchev–Trinajstić information content (AvgIpc) is 3.03. The molecule has 1 aromatic carbocycles. The van der Waals surface area contributed by atoms with Crippen LogP contribution in [-0.2, 0) is 16.1 Å². The summed E-state index contributed by atoms with van der Waals surface area (Å²) in [5, 5.41) is 6.71. The third-order valence-corrected chi connectivity index (χ3v) is 4.75. The second kappa shape index (κ2) is 12.0. The molecule has 7 nitrogen and oxygen atoms in total. The first-order valence-electron chi connectivity index (χ1n) is 10.1. The fourth-order valence-corrected chi connectivity index (χ4v) is 3.20. The number of esters is 1. The van der Waals surface area contributed by atoms with Crippen molar-refractivity contribution in [2.75, 3.05) is 27.2 Å². The van der Waals surface area contributed by atoms with Crippen molar-refractivity contribution in [1.29, 1.82) is 0 Å². The lowest BCUT2D eigenvalue weighted by Gasteiger charge is -2.12. The Morgan fingerprint density at radius 2 is 1.82 bits per heavy atom. The van der Waals surface area contributed by atoms with Gasteiger partial charge in [-0.15, -0.1) is 0 Å². The molecule has 0 saturated carbocycles. The van der Waals surface area contributed by atoms with Crippen LogP contribution in [-0.4, -0.2) is 48.7 Å². The number of ether oxygens (including phenoxy) is 1. The van der Waals surface area contributed by atoms with E-state index in [1.54, 1.807) is 7.05 Å². The number of para-hydroxylation sites is 2. The third-order valence-electron chi connectivity index (χ3n) is 4.75. The van der Waals surface area contributed by atoms with Crippen molar-refractivity contribution in [3.8, 4) is 0 Å². The van der Waals surface area contributed by atoms with Crippen LogP contribution in [0.5, 0.6) is 0 Å². The zero-order chi connectivity index (χ0) is 20.2. The minimum Gasteiger partial charge on any atom is -0.469 e. The summed E-state index contributed by atoms with van der Waals surface area (Å²) in [6.07, 6.45) is 5.59. The number of carbonyl (C=O) groups excluding carboxylic acids is 1. The van der Waals surface area contributed by atoms with Crippen molar-refractivity contribution >= 4 is 23.0 Å². The van der Waals surface area contributed by atoms with Crippen molar-refractivity contribution < 1.29 is 9.53 Å². The Bertz CT molecular complexity index is 769. The minimum absolute atomic E-state index is 0.124. The van der Waals surface area contributed by atoms with Gasteiger partial charge < -0.3 is 19.9 Å². The molecule has 0 radical (unpaired) electrons. The molecule has 0 fully saturated rings. The van der Waals surface area contributed by atoms with E-state index in [2.05, 4.69) is 55.0 Å². The van der Waals surface area contributed by atoms with E-state index >= 15 is 0 Å². The van der Waals surface area contributed by atoms with Gasteiger partial charge in [0.2, 0.25) is 0 Å². The molecule has 2 rings (SSSR count). The quantitative estimate of drug-likeness (QED) is 0.268. The monoisotopic (exact) mass is 387 g/mol. The van der Waals surface area contributed by atoms with Gasteiger partial charge in [0.15, 0.2) is 5.96 Å². The van der Waals surface area contributed by atoms with Crippen molar-refractivity contribution in [1.82, 2.24) is 20.2 Å². The number of benzene rings is 1. The topological polar surface area (TPSA) is 80.5 Å². The Morgan fingerprint density at radius 1 is 1.11 bits per heavy atom. The van der Waals surface area contributed by atoms with Crippen LogP contribution in [0, 0.1) is 6.92 Å². The summed E-state index contributed by atoms with van der Waals surface area (Å²) >= 11 is 0. The van der Waals surface area contributed by atoms with Gasteiger partial charge in [-0.2, -0.15) is 0 Å². The first-order chi connectivity index (χ1) is 13.7. The van der Waals surface area contributed by atoms with E-state index in [0.29, 0.717) is 6.42 Å². The first-order valence-corrected chi connectivity index (χ1v) is 10.1. The molecule has 1 aromatic heterocycles. The van der Waals surface area contributed by atoms with Crippen molar-refractivity contribution in [3.05, 3.63) is 30.1 Å². The highest BCUT2D eigenvalue weighted by Gasteiger charge is 2.06. The van der Waals surface area contributed by atoms with Gasteiger partial charge in [-0.1, -0.05) is 25.0 Å². The summed E-state index contributed by atoms with van der Waals surface area (Å²) in [5.74, 6) is 1.76. The summed E-state index contributed by atoms with van der Waals surface area (Å²) in [6.45, 7) is 4.71. The van der Waals surface area contributed by atoms with Gasteiger partial charge in [0, 0.05) is 33.1 Å². The Morgan fingerprint density at radius 3 is 2.57 bits per heavy atom. The maximum Gasteiger partial charge on any atom is 0.305 e. The zero-order valence-corrected chi connectivity index (χ0v) is 17.3. The molecule has 0 bridgehead atoms. The lowest BCUT2D eigenvalue weighted by Crippen LogP contribution is -2.38. The molecule has 2 aromatic rings. The number of rotatable bonds is 11. The molecular formula is C21H33N5O2. The first kappa shape index (κ1) is 21.7. The molecule has 0 saturated heterocycles. The van der Waals surface area contributed by atoms with E-state index in [1.165, 1.54) is 12.6 Å². The van der Waals surface area contributed by atoms with Gasteiger partial charge in [0.1, 0.15) is 5.82 Å². The average molecular weight is 388 g/mol. The maximum atomic E-state index is 11.0. The SMILES string of the molecule is CN=C(NCCCCCCC(=O)OC)NCCCn1c(C)nc2ccccc21. The largest absolute Gasteiger partial charge is 0.469 e. The molecule has 0 aliphatic carbocycles. The number of nitrogens with zero attached hydrogens (tertiary/aromatic N) is 3. The van der Waals surface area contributed by atoms with Gasteiger partial charge >= 0.3 is 5.97 Å². The predicted molar refractivity (Wildman–Crippen MR) is 114 cm³/mol. The molecule has 1 heterocycles. The predicted octanol–water partition coefficient (Wildman–Crippen LogP) is 3.02. The molecule has 0 amide bonds. The summed E-state index contributed by atoms with van der Waals surface area (Å²) < 4.78 is 6.91. The second-order valence-corrected chi connectivity index (χ2v) is 6.82. The molecule has 0 aliphatic heterocycles. The highest BCUT2D eigenvalue weighted by Crippen LogP contribution is 2.15. The fourth-order valence-electron chi connectivity index (χ4n) is 3.20. The number of hydrogen-bond acceptors (Lipinski definition) is 4. The van der Waals surface area contributed by atoms with E-state index < -0.39 is 0 Å². The van der Waals surface area contributed by atoms with Crippen LogP contribution in [0.4, 0.5) is 0 Å². The van der Waals surface area contributed by atoms with Gasteiger partial charge in [0.25, 0.3) is 0 Å². The van der Waals surface area contributed by atoms with E-state index in [1.807, 2.05) is 6.07 Å². The Balaban J connectivity index is 1.59. The smallest absolute Gasteiger partial charge is 0.305 e. The van der Waals surface area contributed by atoms with Crippen molar-refractivity contribution in [3.63, 3.8) is 0 Å². The van der Waals surface area contributed by atoms with Crippen LogP contribution in [0.15, 0.2) is 29.3 Å². The maximum absolute atomic E-state index is 11.0. The number of carbonyl (C=O) groups is 1.